The van der Waals surface area contributed by atoms with Gasteiger partial charge in [0.25, 0.3) is 0 Å². The van der Waals surface area contributed by atoms with E-state index in [1.807, 2.05) is 6.07 Å². The Morgan fingerprint density at radius 1 is 1.33 bits per heavy atom. The van der Waals surface area contributed by atoms with Gasteiger partial charge in [0, 0.05) is 11.1 Å². The number of rotatable bonds is 4. The Morgan fingerprint density at radius 2 is 2.19 bits per heavy atom. The lowest BCUT2D eigenvalue weighted by atomic mass is 10.2. The molecule has 0 aliphatic carbocycles. The number of nitrogens with one attached hydrogen (secondary N) is 1. The van der Waals surface area contributed by atoms with Crippen LogP contribution in [0.5, 0.6) is 0 Å². The van der Waals surface area contributed by atoms with Crippen molar-refractivity contribution < 1.29 is 0 Å². The zero-order valence-electron chi connectivity index (χ0n) is 11.6. The molecule has 21 heavy (non-hydrogen) atoms. The van der Waals surface area contributed by atoms with Crippen molar-refractivity contribution in [1.29, 1.82) is 0 Å². The van der Waals surface area contributed by atoms with Gasteiger partial charge in [-0.1, -0.05) is 11.8 Å². The summed E-state index contributed by atoms with van der Waals surface area (Å²) in [5.74, 6) is 7.66. The molecule has 0 unspecified atom stereocenters. The summed E-state index contributed by atoms with van der Waals surface area (Å²) in [7, 11) is 0. The van der Waals surface area contributed by atoms with E-state index in [1.165, 1.54) is 16.8 Å². The summed E-state index contributed by atoms with van der Waals surface area (Å²) < 4.78 is 0. The highest BCUT2D eigenvalue weighted by atomic mass is 32.2. The number of nitrogens with zero attached hydrogens (tertiary/aromatic N) is 4. The van der Waals surface area contributed by atoms with Gasteiger partial charge in [0.05, 0.1) is 16.2 Å². The number of thioether (sulfide) groups is 1. The third-order valence-electron chi connectivity index (χ3n) is 3.12. The summed E-state index contributed by atoms with van der Waals surface area (Å²) in [5.41, 5.74) is 3.86. The maximum Gasteiger partial charge on any atom is 0.152 e. The summed E-state index contributed by atoms with van der Waals surface area (Å²) in [6.07, 6.45) is 3.25. The van der Waals surface area contributed by atoms with Gasteiger partial charge in [-0.05, 0) is 25.5 Å². The van der Waals surface area contributed by atoms with Crippen LogP contribution < -0.4 is 11.3 Å². The Balaban J connectivity index is 1.93. The number of hydrazine groups is 1. The van der Waals surface area contributed by atoms with Crippen molar-refractivity contribution in [1.82, 2.24) is 19.9 Å². The monoisotopic (exact) mass is 318 g/mol. The van der Waals surface area contributed by atoms with Crippen LogP contribution in [0.4, 0.5) is 5.82 Å². The van der Waals surface area contributed by atoms with Gasteiger partial charge in [0.1, 0.15) is 17.0 Å². The average molecular weight is 318 g/mol. The Morgan fingerprint density at radius 3 is 2.90 bits per heavy atom. The van der Waals surface area contributed by atoms with Gasteiger partial charge < -0.3 is 5.43 Å². The number of hydrogen-bond acceptors (Lipinski definition) is 8. The molecule has 3 aromatic rings. The fourth-order valence-corrected chi connectivity index (χ4v) is 3.70. The van der Waals surface area contributed by atoms with Crippen LogP contribution in [0, 0.1) is 13.8 Å². The lowest BCUT2D eigenvalue weighted by molar-refractivity contribution is 1.03. The molecule has 8 heteroatoms. The van der Waals surface area contributed by atoms with Gasteiger partial charge >= 0.3 is 0 Å². The van der Waals surface area contributed by atoms with Crippen LogP contribution in [0.2, 0.25) is 0 Å². The summed E-state index contributed by atoms with van der Waals surface area (Å²) in [6, 6.07) is 1.87. The molecule has 3 N–H and O–H groups in total. The van der Waals surface area contributed by atoms with Crippen LogP contribution in [-0.2, 0) is 5.75 Å². The quantitative estimate of drug-likeness (QED) is 0.331. The normalized spacial score (nSPS) is 11.0. The number of thiophene rings is 1. The van der Waals surface area contributed by atoms with Crippen molar-refractivity contribution in [3.63, 3.8) is 0 Å². The largest absolute Gasteiger partial charge is 0.308 e. The topological polar surface area (TPSA) is 89.6 Å². The minimum Gasteiger partial charge on any atom is -0.308 e. The predicted molar refractivity (Wildman–Crippen MR) is 86.3 cm³/mol. The van der Waals surface area contributed by atoms with E-state index in [-0.39, 0.29) is 0 Å². The van der Waals surface area contributed by atoms with E-state index >= 15 is 0 Å². The van der Waals surface area contributed by atoms with Crippen molar-refractivity contribution in [2.45, 2.75) is 24.6 Å². The third-order valence-corrected chi connectivity index (χ3v) is 5.16. The second-order valence-electron chi connectivity index (χ2n) is 4.43. The molecule has 3 rings (SSSR count). The molecule has 0 saturated heterocycles. The molecule has 0 spiro atoms. The van der Waals surface area contributed by atoms with Crippen molar-refractivity contribution in [3.05, 3.63) is 34.9 Å². The highest BCUT2D eigenvalue weighted by Gasteiger charge is 2.14. The van der Waals surface area contributed by atoms with Crippen molar-refractivity contribution in [2.75, 3.05) is 5.43 Å². The molecule has 0 fully saturated rings. The Bertz CT molecular complexity index is 771. The van der Waals surface area contributed by atoms with E-state index in [0.717, 1.165) is 21.1 Å². The Kier molecular flexibility index (Phi) is 4.00. The lowest BCUT2D eigenvalue weighted by Gasteiger charge is -2.05. The molecule has 0 aliphatic heterocycles. The number of aryl methyl sites for hydroxylation is 2. The Labute approximate surface area is 130 Å². The molecule has 0 atom stereocenters. The second-order valence-corrected chi connectivity index (χ2v) is 6.63. The van der Waals surface area contributed by atoms with Gasteiger partial charge in [-0.25, -0.2) is 25.8 Å². The summed E-state index contributed by atoms with van der Waals surface area (Å²) in [5, 5.41) is 1.91. The standard InChI is InChI=1S/C13H14N6S2/c1-7-8(2)21-13-11(7)12(19-14)17-9(18-13)5-20-10-3-4-15-6-16-10/h3-4,6H,5,14H2,1-2H3,(H,17,18,19). The molecule has 0 radical (unpaired) electrons. The summed E-state index contributed by atoms with van der Waals surface area (Å²) in [4.78, 5) is 19.4. The first-order chi connectivity index (χ1) is 10.2. The zero-order chi connectivity index (χ0) is 14.8. The minimum absolute atomic E-state index is 0.637. The number of anilines is 1. The molecular weight excluding hydrogens is 304 g/mol. The van der Waals surface area contributed by atoms with Crippen molar-refractivity contribution >= 4 is 39.1 Å². The van der Waals surface area contributed by atoms with E-state index in [1.54, 1.807) is 29.3 Å². The zero-order valence-corrected chi connectivity index (χ0v) is 13.3. The molecule has 0 aliphatic rings. The molecule has 108 valence electrons. The first-order valence-corrected chi connectivity index (χ1v) is 8.11. The molecule has 6 nitrogen and oxygen atoms in total. The molecule has 0 amide bonds. The molecule has 0 aromatic carbocycles. The molecule has 0 bridgehead atoms. The van der Waals surface area contributed by atoms with Crippen molar-refractivity contribution in [3.8, 4) is 0 Å². The highest BCUT2D eigenvalue weighted by molar-refractivity contribution is 7.98. The molecule has 3 heterocycles. The number of nitrogen functional groups attached to an aromatic ring is 1. The SMILES string of the molecule is Cc1sc2nc(CSc3ccncn3)nc(NN)c2c1C. The molecule has 3 aromatic heterocycles. The van der Waals surface area contributed by atoms with Crippen LogP contribution in [0.1, 0.15) is 16.3 Å². The van der Waals surface area contributed by atoms with Crippen molar-refractivity contribution in [2.24, 2.45) is 5.84 Å². The predicted octanol–water partition coefficient (Wildman–Crippen LogP) is 2.68. The second kappa shape index (κ2) is 5.92. The number of fused-ring (bicyclic) bond motifs is 1. The van der Waals surface area contributed by atoms with Gasteiger partial charge in [-0.3, -0.25) is 0 Å². The highest BCUT2D eigenvalue weighted by Crippen LogP contribution is 2.33. The summed E-state index contributed by atoms with van der Waals surface area (Å²) >= 11 is 3.23. The number of nitrogens with two attached hydrogens (primary N) is 1. The van der Waals surface area contributed by atoms with E-state index < -0.39 is 0 Å². The number of aromatic nitrogens is 4. The van der Waals surface area contributed by atoms with E-state index in [9.17, 15) is 0 Å². The minimum atomic E-state index is 0.637. The van der Waals surface area contributed by atoms with Gasteiger partial charge in [-0.2, -0.15) is 0 Å². The van der Waals surface area contributed by atoms with Gasteiger partial charge in [-0.15, -0.1) is 11.3 Å². The smallest absolute Gasteiger partial charge is 0.152 e. The molecule has 0 saturated carbocycles. The van der Waals surface area contributed by atoms with Crippen LogP contribution in [-0.4, -0.2) is 19.9 Å². The maximum absolute atomic E-state index is 5.61. The lowest BCUT2D eigenvalue weighted by Crippen LogP contribution is -2.10. The van der Waals surface area contributed by atoms with Crippen LogP contribution >= 0.6 is 23.1 Å². The fourth-order valence-electron chi connectivity index (χ4n) is 1.97. The number of hydrogen-bond donors (Lipinski definition) is 2. The van der Waals surface area contributed by atoms with E-state index in [0.29, 0.717) is 11.6 Å². The van der Waals surface area contributed by atoms with E-state index in [2.05, 4.69) is 39.2 Å². The Hall–Kier alpha value is -1.77. The van der Waals surface area contributed by atoms with Gasteiger partial charge in [0.2, 0.25) is 0 Å². The van der Waals surface area contributed by atoms with Gasteiger partial charge in [0.15, 0.2) is 5.82 Å². The summed E-state index contributed by atoms with van der Waals surface area (Å²) in [6.45, 7) is 4.14. The van der Waals surface area contributed by atoms with Crippen LogP contribution in [0.25, 0.3) is 10.2 Å². The first-order valence-electron chi connectivity index (χ1n) is 6.31. The molecular formula is C13H14N6S2. The fraction of sp³-hybridized carbons (Fsp3) is 0.231. The first kappa shape index (κ1) is 14.2. The van der Waals surface area contributed by atoms with Crippen LogP contribution in [0.3, 0.4) is 0 Å². The third kappa shape index (κ3) is 2.82. The van der Waals surface area contributed by atoms with Crippen LogP contribution in [0.15, 0.2) is 23.6 Å². The van der Waals surface area contributed by atoms with E-state index in [4.69, 9.17) is 5.84 Å². The average Bonchev–Trinajstić information content (AvgIpc) is 2.80. The maximum atomic E-state index is 5.61.